The van der Waals surface area contributed by atoms with Crippen LogP contribution in [0.25, 0.3) is 0 Å². The van der Waals surface area contributed by atoms with Gasteiger partial charge in [-0.25, -0.2) is 4.39 Å². The number of amides is 1. The van der Waals surface area contributed by atoms with Gasteiger partial charge in [-0.05, 0) is 35.9 Å². The van der Waals surface area contributed by atoms with Crippen molar-refractivity contribution in [2.24, 2.45) is 0 Å². The Morgan fingerprint density at radius 1 is 1.14 bits per heavy atom. The van der Waals surface area contributed by atoms with Crippen molar-refractivity contribution in [2.45, 2.75) is 5.75 Å². The summed E-state index contributed by atoms with van der Waals surface area (Å²) in [6, 6.07) is 12.8. The molecule has 0 spiro atoms. The number of benzene rings is 2. The van der Waals surface area contributed by atoms with Gasteiger partial charge in [0.1, 0.15) is 11.6 Å². The second-order valence-corrected chi connectivity index (χ2v) is 5.55. The van der Waals surface area contributed by atoms with E-state index in [9.17, 15) is 9.18 Å². The largest absolute Gasteiger partial charge is 0.508 e. The summed E-state index contributed by atoms with van der Waals surface area (Å²) in [5, 5.41) is 11.9. The number of hydrogen-bond donors (Lipinski definition) is 2. The van der Waals surface area contributed by atoms with Crippen LogP contribution in [0.3, 0.4) is 0 Å². The Hall–Kier alpha value is -2.01. The fourth-order valence-electron chi connectivity index (χ4n) is 1.75. The molecule has 0 aliphatic rings. The number of carbonyl (C=O) groups is 1. The molecule has 5 heteroatoms. The van der Waals surface area contributed by atoms with Gasteiger partial charge in [0.15, 0.2) is 0 Å². The average Bonchev–Trinajstić information content (AvgIpc) is 2.49. The highest BCUT2D eigenvalue weighted by molar-refractivity contribution is 7.98. The summed E-state index contributed by atoms with van der Waals surface area (Å²) in [5.41, 5.74) is 1.18. The van der Waals surface area contributed by atoms with Crippen molar-refractivity contribution < 1.29 is 14.3 Å². The van der Waals surface area contributed by atoms with Crippen molar-refractivity contribution in [1.82, 2.24) is 5.32 Å². The third kappa shape index (κ3) is 4.79. The molecular formula is C16H16FNO2S. The number of phenolic OH excluding ortho intramolecular Hbond substituents is 1. The Balaban J connectivity index is 1.69. The molecule has 3 nitrogen and oxygen atoms in total. The lowest BCUT2D eigenvalue weighted by molar-refractivity contribution is 0.0956. The van der Waals surface area contributed by atoms with Crippen LogP contribution < -0.4 is 5.32 Å². The van der Waals surface area contributed by atoms with Crippen LogP contribution in [-0.2, 0) is 5.75 Å². The maximum Gasteiger partial charge on any atom is 0.251 e. The van der Waals surface area contributed by atoms with Gasteiger partial charge in [0.25, 0.3) is 5.91 Å². The average molecular weight is 305 g/mol. The predicted octanol–water partition coefficient (Wildman–Crippen LogP) is 3.19. The molecule has 2 aromatic rings. The molecule has 0 heterocycles. The third-order valence-corrected chi connectivity index (χ3v) is 3.88. The van der Waals surface area contributed by atoms with E-state index in [-0.39, 0.29) is 17.5 Å². The van der Waals surface area contributed by atoms with Gasteiger partial charge in [-0.15, -0.1) is 0 Å². The van der Waals surface area contributed by atoms with E-state index in [0.29, 0.717) is 29.2 Å². The molecule has 0 fully saturated rings. The van der Waals surface area contributed by atoms with Gasteiger partial charge in [0, 0.05) is 23.6 Å². The van der Waals surface area contributed by atoms with Crippen LogP contribution in [0.2, 0.25) is 0 Å². The summed E-state index contributed by atoms with van der Waals surface area (Å²) >= 11 is 1.57. The van der Waals surface area contributed by atoms with Crippen LogP contribution in [0.1, 0.15) is 15.9 Å². The summed E-state index contributed by atoms with van der Waals surface area (Å²) in [6.45, 7) is 0.513. The first-order valence-electron chi connectivity index (χ1n) is 6.55. The third-order valence-electron chi connectivity index (χ3n) is 2.88. The number of halogens is 1. The van der Waals surface area contributed by atoms with E-state index in [0.717, 1.165) is 0 Å². The first kappa shape index (κ1) is 15.4. The Morgan fingerprint density at radius 2 is 1.86 bits per heavy atom. The zero-order valence-electron chi connectivity index (χ0n) is 11.4. The van der Waals surface area contributed by atoms with Gasteiger partial charge < -0.3 is 10.4 Å². The Morgan fingerprint density at radius 3 is 2.57 bits per heavy atom. The first-order valence-corrected chi connectivity index (χ1v) is 7.70. The molecule has 2 N–H and O–H groups in total. The van der Waals surface area contributed by atoms with Crippen LogP contribution in [0.5, 0.6) is 5.75 Å². The maximum atomic E-state index is 13.4. The van der Waals surface area contributed by atoms with Crippen molar-refractivity contribution in [3.63, 3.8) is 0 Å². The Bertz CT molecular complexity index is 601. The minimum Gasteiger partial charge on any atom is -0.508 e. The van der Waals surface area contributed by atoms with Crippen LogP contribution >= 0.6 is 11.8 Å². The molecule has 0 aliphatic carbocycles. The van der Waals surface area contributed by atoms with E-state index < -0.39 is 0 Å². The van der Waals surface area contributed by atoms with E-state index in [1.807, 2.05) is 6.07 Å². The Labute approximate surface area is 127 Å². The minimum absolute atomic E-state index is 0.131. The summed E-state index contributed by atoms with van der Waals surface area (Å²) < 4.78 is 13.4. The number of rotatable bonds is 6. The molecule has 0 saturated carbocycles. The second-order valence-electron chi connectivity index (χ2n) is 4.45. The summed E-state index contributed by atoms with van der Waals surface area (Å²) in [4.78, 5) is 11.8. The highest BCUT2D eigenvalue weighted by Crippen LogP contribution is 2.15. The standard InChI is InChI=1S/C16H16FNO2S/c17-15-4-2-1-3-13(15)11-21-10-9-18-16(20)12-5-7-14(19)8-6-12/h1-8,19H,9-11H2,(H,18,20). The van der Waals surface area contributed by atoms with E-state index in [1.165, 1.54) is 18.2 Å². The fraction of sp³-hybridized carbons (Fsp3) is 0.188. The van der Waals surface area contributed by atoms with Crippen LogP contribution in [-0.4, -0.2) is 23.3 Å². The summed E-state index contributed by atoms with van der Waals surface area (Å²) in [5.74, 6) is 1.05. The fourth-order valence-corrected chi connectivity index (χ4v) is 2.59. The lowest BCUT2D eigenvalue weighted by atomic mass is 10.2. The van der Waals surface area contributed by atoms with Gasteiger partial charge >= 0.3 is 0 Å². The monoisotopic (exact) mass is 305 g/mol. The van der Waals surface area contributed by atoms with Crippen molar-refractivity contribution in [1.29, 1.82) is 0 Å². The lowest BCUT2D eigenvalue weighted by Crippen LogP contribution is -2.25. The van der Waals surface area contributed by atoms with Gasteiger partial charge in [0.2, 0.25) is 0 Å². The predicted molar refractivity (Wildman–Crippen MR) is 83.0 cm³/mol. The minimum atomic E-state index is -0.196. The quantitative estimate of drug-likeness (QED) is 0.806. The SMILES string of the molecule is O=C(NCCSCc1ccccc1F)c1ccc(O)cc1. The molecule has 0 saturated heterocycles. The number of hydrogen-bond acceptors (Lipinski definition) is 3. The van der Waals surface area contributed by atoms with Crippen molar-refractivity contribution in [2.75, 3.05) is 12.3 Å². The smallest absolute Gasteiger partial charge is 0.251 e. The zero-order chi connectivity index (χ0) is 15.1. The van der Waals surface area contributed by atoms with E-state index >= 15 is 0 Å². The van der Waals surface area contributed by atoms with Gasteiger partial charge in [-0.2, -0.15) is 11.8 Å². The normalized spacial score (nSPS) is 10.3. The lowest BCUT2D eigenvalue weighted by Gasteiger charge is -2.06. The van der Waals surface area contributed by atoms with Crippen LogP contribution in [0, 0.1) is 5.82 Å². The molecule has 21 heavy (non-hydrogen) atoms. The first-order chi connectivity index (χ1) is 10.2. The molecule has 110 valence electrons. The molecule has 0 radical (unpaired) electrons. The van der Waals surface area contributed by atoms with Crippen molar-refractivity contribution in [3.05, 3.63) is 65.5 Å². The van der Waals surface area contributed by atoms with E-state index in [2.05, 4.69) is 5.32 Å². The number of phenols is 1. The number of aromatic hydroxyl groups is 1. The topological polar surface area (TPSA) is 49.3 Å². The summed E-state index contributed by atoms with van der Waals surface area (Å²) in [7, 11) is 0. The molecule has 0 atom stereocenters. The number of carbonyl (C=O) groups excluding carboxylic acids is 1. The van der Waals surface area contributed by atoms with Crippen LogP contribution in [0.15, 0.2) is 48.5 Å². The summed E-state index contributed by atoms with van der Waals surface area (Å²) in [6.07, 6.45) is 0. The second kappa shape index (κ2) is 7.69. The molecular weight excluding hydrogens is 289 g/mol. The molecule has 2 rings (SSSR count). The molecule has 0 bridgehead atoms. The Kier molecular flexibility index (Phi) is 5.63. The molecule has 0 unspecified atom stereocenters. The molecule has 1 amide bonds. The number of nitrogens with one attached hydrogen (secondary N) is 1. The van der Waals surface area contributed by atoms with Gasteiger partial charge in [0.05, 0.1) is 0 Å². The molecule has 2 aromatic carbocycles. The van der Waals surface area contributed by atoms with Crippen molar-refractivity contribution >= 4 is 17.7 Å². The van der Waals surface area contributed by atoms with E-state index in [4.69, 9.17) is 5.11 Å². The van der Waals surface area contributed by atoms with Crippen LogP contribution in [0.4, 0.5) is 4.39 Å². The highest BCUT2D eigenvalue weighted by Gasteiger charge is 2.05. The molecule has 0 aromatic heterocycles. The van der Waals surface area contributed by atoms with Crippen molar-refractivity contribution in [3.8, 4) is 5.75 Å². The number of thioether (sulfide) groups is 1. The highest BCUT2D eigenvalue weighted by atomic mass is 32.2. The van der Waals surface area contributed by atoms with Gasteiger partial charge in [-0.3, -0.25) is 4.79 Å². The zero-order valence-corrected chi connectivity index (χ0v) is 12.2. The van der Waals surface area contributed by atoms with Gasteiger partial charge in [-0.1, -0.05) is 18.2 Å². The maximum absolute atomic E-state index is 13.4. The van der Waals surface area contributed by atoms with E-state index in [1.54, 1.807) is 36.0 Å². The molecule has 0 aliphatic heterocycles.